The highest BCUT2D eigenvalue weighted by Crippen LogP contribution is 2.48. The van der Waals surface area contributed by atoms with Gasteiger partial charge in [0.1, 0.15) is 0 Å². The Balaban J connectivity index is 1.98. The molecule has 0 aromatic carbocycles. The Bertz CT molecular complexity index is 287. The number of amides is 1. The van der Waals surface area contributed by atoms with E-state index in [1.54, 1.807) is 0 Å². The highest BCUT2D eigenvalue weighted by atomic mass is 16.2. The van der Waals surface area contributed by atoms with Crippen LogP contribution in [0, 0.1) is 29.6 Å². The lowest BCUT2D eigenvalue weighted by Crippen LogP contribution is -2.42. The number of rotatable bonds is 5. The SMILES string of the molecule is CC(C)CN(CC(C)C)C(=O)C1CC2CCC1C2. The maximum absolute atomic E-state index is 12.7. The van der Waals surface area contributed by atoms with Crippen molar-refractivity contribution in [1.29, 1.82) is 0 Å². The Hall–Kier alpha value is -0.530. The van der Waals surface area contributed by atoms with Crippen molar-refractivity contribution in [3.8, 4) is 0 Å². The third-order valence-electron chi connectivity index (χ3n) is 4.54. The van der Waals surface area contributed by atoms with Gasteiger partial charge in [0.25, 0.3) is 0 Å². The molecule has 2 heteroatoms. The topological polar surface area (TPSA) is 20.3 Å². The minimum absolute atomic E-state index is 0.362. The lowest BCUT2D eigenvalue weighted by Gasteiger charge is -2.32. The maximum atomic E-state index is 12.7. The molecular formula is C16H29NO. The Morgan fingerprint density at radius 1 is 1.06 bits per heavy atom. The number of nitrogens with zero attached hydrogens (tertiary/aromatic N) is 1. The van der Waals surface area contributed by atoms with Crippen LogP contribution >= 0.6 is 0 Å². The van der Waals surface area contributed by atoms with E-state index in [-0.39, 0.29) is 0 Å². The molecule has 18 heavy (non-hydrogen) atoms. The molecule has 2 nitrogen and oxygen atoms in total. The molecule has 0 radical (unpaired) electrons. The number of hydrogen-bond acceptors (Lipinski definition) is 1. The summed E-state index contributed by atoms with van der Waals surface area (Å²) in [5.41, 5.74) is 0. The van der Waals surface area contributed by atoms with E-state index in [0.717, 1.165) is 19.0 Å². The van der Waals surface area contributed by atoms with Gasteiger partial charge < -0.3 is 4.90 Å². The van der Waals surface area contributed by atoms with Gasteiger partial charge in [-0.15, -0.1) is 0 Å². The predicted octanol–water partition coefficient (Wildman–Crippen LogP) is 3.56. The van der Waals surface area contributed by atoms with Crippen LogP contribution in [0.4, 0.5) is 0 Å². The van der Waals surface area contributed by atoms with E-state index in [9.17, 15) is 4.79 Å². The molecule has 0 heterocycles. The Morgan fingerprint density at radius 3 is 2.06 bits per heavy atom. The monoisotopic (exact) mass is 251 g/mol. The van der Waals surface area contributed by atoms with Crippen LogP contribution in [0.25, 0.3) is 0 Å². The molecule has 2 bridgehead atoms. The fraction of sp³-hybridized carbons (Fsp3) is 0.938. The summed E-state index contributed by atoms with van der Waals surface area (Å²) in [7, 11) is 0. The van der Waals surface area contributed by atoms with E-state index >= 15 is 0 Å². The quantitative estimate of drug-likeness (QED) is 0.731. The molecule has 2 rings (SSSR count). The van der Waals surface area contributed by atoms with Gasteiger partial charge >= 0.3 is 0 Å². The van der Waals surface area contributed by atoms with Crippen molar-refractivity contribution in [2.75, 3.05) is 13.1 Å². The van der Waals surface area contributed by atoms with Crippen molar-refractivity contribution in [2.24, 2.45) is 29.6 Å². The van der Waals surface area contributed by atoms with Gasteiger partial charge in [-0.2, -0.15) is 0 Å². The Labute approximate surface area is 112 Å². The largest absolute Gasteiger partial charge is 0.342 e. The van der Waals surface area contributed by atoms with Crippen molar-refractivity contribution in [3.63, 3.8) is 0 Å². The molecule has 2 aliphatic carbocycles. The normalized spacial score (nSPS) is 30.4. The zero-order valence-electron chi connectivity index (χ0n) is 12.5. The molecule has 0 aromatic heterocycles. The number of hydrogen-bond donors (Lipinski definition) is 0. The van der Waals surface area contributed by atoms with Crippen LogP contribution in [0.15, 0.2) is 0 Å². The minimum Gasteiger partial charge on any atom is -0.342 e. The minimum atomic E-state index is 0.362. The van der Waals surface area contributed by atoms with E-state index in [0.29, 0.717) is 29.6 Å². The molecule has 0 aliphatic heterocycles. The summed E-state index contributed by atoms with van der Waals surface area (Å²) in [6.45, 7) is 10.7. The van der Waals surface area contributed by atoms with Crippen LogP contribution in [0.3, 0.4) is 0 Å². The smallest absolute Gasteiger partial charge is 0.225 e. The second-order valence-corrected chi connectivity index (χ2v) is 7.31. The van der Waals surface area contributed by atoms with Gasteiger partial charge in [-0.25, -0.2) is 0 Å². The third-order valence-corrected chi connectivity index (χ3v) is 4.54. The van der Waals surface area contributed by atoms with Crippen LogP contribution in [-0.4, -0.2) is 23.9 Å². The lowest BCUT2D eigenvalue weighted by atomic mass is 9.87. The number of fused-ring (bicyclic) bond motifs is 2. The van der Waals surface area contributed by atoms with Gasteiger partial charge in [-0.1, -0.05) is 34.1 Å². The van der Waals surface area contributed by atoms with Crippen molar-refractivity contribution in [1.82, 2.24) is 4.90 Å². The van der Waals surface area contributed by atoms with Gasteiger partial charge in [0.15, 0.2) is 0 Å². The van der Waals surface area contributed by atoms with Crippen LogP contribution in [0.5, 0.6) is 0 Å². The summed E-state index contributed by atoms with van der Waals surface area (Å²) in [6, 6.07) is 0. The lowest BCUT2D eigenvalue weighted by molar-refractivity contribution is -0.138. The van der Waals surface area contributed by atoms with E-state index in [2.05, 4.69) is 32.6 Å². The molecule has 104 valence electrons. The standard InChI is InChI=1S/C16H29NO/c1-11(2)9-17(10-12(3)4)16(18)15-8-13-5-6-14(15)7-13/h11-15H,5-10H2,1-4H3. The van der Waals surface area contributed by atoms with E-state index in [1.165, 1.54) is 25.7 Å². The van der Waals surface area contributed by atoms with Crippen LogP contribution in [0.2, 0.25) is 0 Å². The van der Waals surface area contributed by atoms with Crippen LogP contribution in [-0.2, 0) is 4.79 Å². The Morgan fingerprint density at radius 2 is 1.67 bits per heavy atom. The zero-order valence-corrected chi connectivity index (χ0v) is 12.5. The average Bonchev–Trinajstić information content (AvgIpc) is 2.87. The Kier molecular flexibility index (Phi) is 4.34. The van der Waals surface area contributed by atoms with Crippen molar-refractivity contribution in [2.45, 2.75) is 53.4 Å². The third kappa shape index (κ3) is 3.07. The van der Waals surface area contributed by atoms with Gasteiger partial charge in [0.2, 0.25) is 5.91 Å². The summed E-state index contributed by atoms with van der Waals surface area (Å²) < 4.78 is 0. The molecule has 0 N–H and O–H groups in total. The average molecular weight is 251 g/mol. The molecule has 3 unspecified atom stereocenters. The predicted molar refractivity (Wildman–Crippen MR) is 75.2 cm³/mol. The van der Waals surface area contributed by atoms with Crippen molar-refractivity contribution < 1.29 is 4.79 Å². The van der Waals surface area contributed by atoms with E-state index < -0.39 is 0 Å². The number of carbonyl (C=O) groups is 1. The molecule has 2 saturated carbocycles. The summed E-state index contributed by atoms with van der Waals surface area (Å²) in [6.07, 6.45) is 5.19. The van der Waals surface area contributed by atoms with E-state index in [4.69, 9.17) is 0 Å². The van der Waals surface area contributed by atoms with Crippen molar-refractivity contribution in [3.05, 3.63) is 0 Å². The van der Waals surface area contributed by atoms with E-state index in [1.807, 2.05) is 0 Å². The highest BCUT2D eigenvalue weighted by Gasteiger charge is 2.44. The van der Waals surface area contributed by atoms with Gasteiger partial charge in [-0.3, -0.25) is 4.79 Å². The van der Waals surface area contributed by atoms with Crippen LogP contribution < -0.4 is 0 Å². The highest BCUT2D eigenvalue weighted by molar-refractivity contribution is 5.79. The molecule has 1 amide bonds. The molecule has 0 spiro atoms. The van der Waals surface area contributed by atoms with Gasteiger partial charge in [0.05, 0.1) is 0 Å². The number of carbonyl (C=O) groups excluding carboxylic acids is 1. The molecule has 2 fully saturated rings. The first-order valence-electron chi connectivity index (χ1n) is 7.76. The fourth-order valence-corrected chi connectivity index (χ4v) is 3.92. The molecule has 3 atom stereocenters. The first-order chi connectivity index (χ1) is 8.47. The van der Waals surface area contributed by atoms with Crippen molar-refractivity contribution >= 4 is 5.91 Å². The summed E-state index contributed by atoms with van der Waals surface area (Å²) in [5, 5.41) is 0. The van der Waals surface area contributed by atoms with Gasteiger partial charge in [-0.05, 0) is 42.9 Å². The molecule has 0 saturated heterocycles. The second-order valence-electron chi connectivity index (χ2n) is 7.31. The summed E-state index contributed by atoms with van der Waals surface area (Å²) in [5.74, 6) is 3.55. The molecule has 0 aromatic rings. The van der Waals surface area contributed by atoms with Crippen LogP contribution in [0.1, 0.15) is 53.4 Å². The first-order valence-corrected chi connectivity index (χ1v) is 7.76. The summed E-state index contributed by atoms with van der Waals surface area (Å²) in [4.78, 5) is 14.9. The second kappa shape index (κ2) is 5.63. The first kappa shape index (κ1) is 13.9. The summed E-state index contributed by atoms with van der Waals surface area (Å²) >= 11 is 0. The molecule has 2 aliphatic rings. The molecular weight excluding hydrogens is 222 g/mol. The fourth-order valence-electron chi connectivity index (χ4n) is 3.92. The zero-order chi connectivity index (χ0) is 13.3. The maximum Gasteiger partial charge on any atom is 0.225 e. The van der Waals surface area contributed by atoms with Gasteiger partial charge in [0, 0.05) is 19.0 Å².